The van der Waals surface area contributed by atoms with Crippen molar-refractivity contribution in [3.63, 3.8) is 0 Å². The lowest BCUT2D eigenvalue weighted by molar-refractivity contribution is 0.0654. The van der Waals surface area contributed by atoms with E-state index in [2.05, 4.69) is 11.9 Å². The topological polar surface area (TPSA) is 70.5 Å². The second kappa shape index (κ2) is 4.89. The maximum Gasteiger partial charge on any atom is 0.354 e. The van der Waals surface area contributed by atoms with Gasteiger partial charge in [-0.2, -0.15) is 0 Å². The van der Waals surface area contributed by atoms with Gasteiger partial charge in [-0.25, -0.2) is 9.78 Å². The number of carboxylic acid groups (broad SMARTS) is 1. The van der Waals surface area contributed by atoms with Crippen LogP contribution in [-0.4, -0.2) is 39.0 Å². The summed E-state index contributed by atoms with van der Waals surface area (Å²) >= 11 is 0. The van der Waals surface area contributed by atoms with Gasteiger partial charge >= 0.3 is 5.97 Å². The van der Waals surface area contributed by atoms with Crippen molar-refractivity contribution in [1.82, 2.24) is 9.88 Å². The van der Waals surface area contributed by atoms with Crippen molar-refractivity contribution in [2.24, 2.45) is 5.92 Å². The monoisotopic (exact) mass is 274 g/mol. The molecule has 2 fully saturated rings. The number of hydrogen-bond acceptors (Lipinski definition) is 3. The molecule has 2 aliphatic rings. The lowest BCUT2D eigenvalue weighted by atomic mass is 10.1. The SMILES string of the molecule is CC(C1CC1)N(C(=O)c1ccnc(C(=O)O)c1)C1CC1. The first-order valence-corrected chi connectivity index (χ1v) is 7.10. The molecule has 1 N–H and O–H groups in total. The summed E-state index contributed by atoms with van der Waals surface area (Å²) in [6, 6.07) is 3.56. The van der Waals surface area contributed by atoms with Crippen LogP contribution < -0.4 is 0 Å². The molecular weight excluding hydrogens is 256 g/mol. The van der Waals surface area contributed by atoms with E-state index in [-0.39, 0.29) is 17.6 Å². The van der Waals surface area contributed by atoms with Gasteiger partial charge < -0.3 is 10.0 Å². The molecule has 106 valence electrons. The van der Waals surface area contributed by atoms with Crippen molar-refractivity contribution in [2.45, 2.75) is 44.7 Å². The number of pyridine rings is 1. The molecule has 1 amide bonds. The highest BCUT2D eigenvalue weighted by Crippen LogP contribution is 2.40. The molecular formula is C15H18N2O3. The van der Waals surface area contributed by atoms with Gasteiger partial charge in [-0.05, 0) is 50.7 Å². The quantitative estimate of drug-likeness (QED) is 0.893. The number of aromatic carboxylic acids is 1. The van der Waals surface area contributed by atoms with E-state index in [0.29, 0.717) is 17.5 Å². The van der Waals surface area contributed by atoms with Crippen LogP contribution in [-0.2, 0) is 0 Å². The molecule has 5 heteroatoms. The molecule has 0 spiro atoms. The molecule has 1 aromatic rings. The first-order chi connectivity index (χ1) is 9.58. The van der Waals surface area contributed by atoms with Crippen LogP contribution in [0.2, 0.25) is 0 Å². The van der Waals surface area contributed by atoms with Gasteiger partial charge in [-0.15, -0.1) is 0 Å². The lowest BCUT2D eigenvalue weighted by Crippen LogP contribution is -2.41. The van der Waals surface area contributed by atoms with Gasteiger partial charge in [0, 0.05) is 23.8 Å². The van der Waals surface area contributed by atoms with Crippen LogP contribution in [0.15, 0.2) is 18.3 Å². The molecule has 0 aromatic carbocycles. The lowest BCUT2D eigenvalue weighted by Gasteiger charge is -2.29. The predicted molar refractivity (Wildman–Crippen MR) is 72.6 cm³/mol. The number of carbonyl (C=O) groups excluding carboxylic acids is 1. The van der Waals surface area contributed by atoms with Gasteiger partial charge in [-0.3, -0.25) is 4.79 Å². The molecule has 0 saturated heterocycles. The number of carboxylic acids is 1. The van der Waals surface area contributed by atoms with E-state index in [4.69, 9.17) is 5.11 Å². The van der Waals surface area contributed by atoms with Crippen LogP contribution in [0.3, 0.4) is 0 Å². The van der Waals surface area contributed by atoms with Crippen LogP contribution in [0, 0.1) is 5.92 Å². The van der Waals surface area contributed by atoms with Crippen molar-refractivity contribution in [3.05, 3.63) is 29.6 Å². The van der Waals surface area contributed by atoms with E-state index in [1.165, 1.54) is 25.1 Å². The smallest absolute Gasteiger partial charge is 0.354 e. The Balaban J connectivity index is 1.85. The summed E-state index contributed by atoms with van der Waals surface area (Å²) in [7, 11) is 0. The van der Waals surface area contributed by atoms with Crippen LogP contribution in [0.1, 0.15) is 53.5 Å². The molecule has 20 heavy (non-hydrogen) atoms. The molecule has 0 bridgehead atoms. The minimum Gasteiger partial charge on any atom is -0.477 e. The largest absolute Gasteiger partial charge is 0.477 e. The Morgan fingerprint density at radius 1 is 1.35 bits per heavy atom. The molecule has 1 aromatic heterocycles. The summed E-state index contributed by atoms with van der Waals surface area (Å²) in [5.41, 5.74) is 0.350. The normalized spacial score (nSPS) is 19.4. The van der Waals surface area contributed by atoms with Gasteiger partial charge in [-0.1, -0.05) is 0 Å². The van der Waals surface area contributed by atoms with E-state index in [1.54, 1.807) is 6.07 Å². The number of nitrogens with zero attached hydrogens (tertiary/aromatic N) is 2. The highest BCUT2D eigenvalue weighted by Gasteiger charge is 2.41. The molecule has 0 radical (unpaired) electrons. The van der Waals surface area contributed by atoms with Gasteiger partial charge in [0.25, 0.3) is 5.91 Å². The average molecular weight is 274 g/mol. The summed E-state index contributed by atoms with van der Waals surface area (Å²) in [6.45, 7) is 2.10. The van der Waals surface area contributed by atoms with Crippen molar-refractivity contribution in [3.8, 4) is 0 Å². The molecule has 1 unspecified atom stereocenters. The summed E-state index contributed by atoms with van der Waals surface area (Å²) < 4.78 is 0. The van der Waals surface area contributed by atoms with Crippen molar-refractivity contribution in [1.29, 1.82) is 0 Å². The highest BCUT2D eigenvalue weighted by molar-refractivity contribution is 5.97. The zero-order chi connectivity index (χ0) is 14.3. The number of hydrogen-bond donors (Lipinski definition) is 1. The third-order valence-corrected chi connectivity index (χ3v) is 4.14. The molecule has 5 nitrogen and oxygen atoms in total. The second-order valence-corrected chi connectivity index (χ2v) is 5.76. The maximum absolute atomic E-state index is 12.7. The Bertz CT molecular complexity index is 550. The zero-order valence-electron chi connectivity index (χ0n) is 11.5. The Kier molecular flexibility index (Phi) is 3.20. The fourth-order valence-corrected chi connectivity index (χ4v) is 2.67. The summed E-state index contributed by atoms with van der Waals surface area (Å²) in [6.07, 6.45) is 5.88. The molecule has 2 aliphatic carbocycles. The van der Waals surface area contributed by atoms with Crippen LogP contribution in [0.25, 0.3) is 0 Å². The van der Waals surface area contributed by atoms with Crippen molar-refractivity contribution in [2.75, 3.05) is 0 Å². The van der Waals surface area contributed by atoms with Crippen LogP contribution in [0.4, 0.5) is 0 Å². The van der Waals surface area contributed by atoms with Gasteiger partial charge in [0.05, 0.1) is 0 Å². The number of aromatic nitrogens is 1. The second-order valence-electron chi connectivity index (χ2n) is 5.76. The Morgan fingerprint density at radius 3 is 2.60 bits per heavy atom. The molecule has 1 heterocycles. The third-order valence-electron chi connectivity index (χ3n) is 4.14. The Morgan fingerprint density at radius 2 is 2.05 bits per heavy atom. The minimum absolute atomic E-state index is 0.0585. The van der Waals surface area contributed by atoms with Crippen molar-refractivity contribution >= 4 is 11.9 Å². The van der Waals surface area contributed by atoms with Crippen molar-refractivity contribution < 1.29 is 14.7 Å². The number of carbonyl (C=O) groups is 2. The highest BCUT2D eigenvalue weighted by atomic mass is 16.4. The maximum atomic E-state index is 12.7. The fourth-order valence-electron chi connectivity index (χ4n) is 2.67. The Labute approximate surface area is 117 Å². The fraction of sp³-hybridized carbons (Fsp3) is 0.533. The first-order valence-electron chi connectivity index (χ1n) is 7.10. The molecule has 2 saturated carbocycles. The van der Waals surface area contributed by atoms with Crippen LogP contribution >= 0.6 is 0 Å². The van der Waals surface area contributed by atoms with Gasteiger partial charge in [0.2, 0.25) is 0 Å². The zero-order valence-corrected chi connectivity index (χ0v) is 11.5. The number of rotatable bonds is 5. The minimum atomic E-state index is -1.10. The number of amides is 1. The van der Waals surface area contributed by atoms with Gasteiger partial charge in [0.15, 0.2) is 0 Å². The average Bonchev–Trinajstić information content (AvgIpc) is 3.29. The van der Waals surface area contributed by atoms with E-state index in [0.717, 1.165) is 12.8 Å². The van der Waals surface area contributed by atoms with E-state index >= 15 is 0 Å². The van der Waals surface area contributed by atoms with E-state index < -0.39 is 5.97 Å². The molecule has 3 rings (SSSR count). The summed E-state index contributed by atoms with van der Waals surface area (Å²) in [4.78, 5) is 29.4. The van der Waals surface area contributed by atoms with Gasteiger partial charge in [0.1, 0.15) is 5.69 Å². The third kappa shape index (κ3) is 2.53. The molecule has 1 atom stereocenters. The summed E-state index contributed by atoms with van der Waals surface area (Å²) in [5.74, 6) is -0.551. The van der Waals surface area contributed by atoms with Crippen LogP contribution in [0.5, 0.6) is 0 Å². The standard InChI is InChI=1S/C15H18N2O3/c1-9(10-2-3-10)17(12-4-5-12)14(18)11-6-7-16-13(8-11)15(19)20/h6-10,12H,2-5H2,1H3,(H,19,20). The predicted octanol–water partition coefficient (Wildman–Crippen LogP) is 2.18. The summed E-state index contributed by atoms with van der Waals surface area (Å²) in [5, 5.41) is 8.97. The first kappa shape index (κ1) is 13.1. The Hall–Kier alpha value is -1.91. The molecule has 0 aliphatic heterocycles. The van der Waals surface area contributed by atoms with E-state index in [9.17, 15) is 9.59 Å². The van der Waals surface area contributed by atoms with E-state index in [1.807, 2.05) is 4.90 Å².